The molecule has 6 nitrogen and oxygen atoms in total. The first-order valence-corrected chi connectivity index (χ1v) is 8.32. The van der Waals surface area contributed by atoms with Gasteiger partial charge in [-0.15, -0.1) is 0 Å². The average molecular weight is 343 g/mol. The average Bonchev–Trinajstić information content (AvgIpc) is 2.62. The number of benzene rings is 2. The highest BCUT2D eigenvalue weighted by molar-refractivity contribution is 5.94. The monoisotopic (exact) mass is 343 g/mol. The highest BCUT2D eigenvalue weighted by atomic mass is 16.5. The number of ether oxygens (including phenoxy) is 2. The third-order valence-electron chi connectivity index (χ3n) is 3.53. The van der Waals surface area contributed by atoms with Crippen molar-refractivity contribution in [3.63, 3.8) is 0 Å². The molecule has 2 aromatic carbocycles. The summed E-state index contributed by atoms with van der Waals surface area (Å²) in [6.07, 6.45) is 0. The molecule has 2 rings (SSSR count). The first-order chi connectivity index (χ1) is 12.2. The van der Waals surface area contributed by atoms with E-state index in [0.717, 1.165) is 16.9 Å². The van der Waals surface area contributed by atoms with Gasteiger partial charge in [0.15, 0.2) is 5.96 Å². The number of aliphatic imine (C=N–C) groups is 1. The SMILES string of the molecule is CCOc1ccc(OCC)c(NC(N)=NCc2ccccc2CO)c1. The first-order valence-electron chi connectivity index (χ1n) is 8.32. The second-order valence-electron chi connectivity index (χ2n) is 5.28. The molecule has 0 atom stereocenters. The molecule has 25 heavy (non-hydrogen) atoms. The fraction of sp³-hybridized carbons (Fsp3) is 0.316. The number of nitrogens with one attached hydrogen (secondary N) is 1. The lowest BCUT2D eigenvalue weighted by molar-refractivity contribution is 0.280. The summed E-state index contributed by atoms with van der Waals surface area (Å²) in [5, 5.41) is 12.4. The van der Waals surface area contributed by atoms with Crippen LogP contribution in [0.1, 0.15) is 25.0 Å². The molecule has 134 valence electrons. The lowest BCUT2D eigenvalue weighted by Crippen LogP contribution is -2.23. The Balaban J connectivity index is 2.15. The molecule has 0 saturated heterocycles. The maximum absolute atomic E-state index is 9.37. The number of guanidine groups is 1. The summed E-state index contributed by atoms with van der Waals surface area (Å²) in [5.74, 6) is 1.68. The number of rotatable bonds is 8. The minimum atomic E-state index is -0.0239. The molecule has 0 fully saturated rings. The Labute approximate surface area is 148 Å². The Morgan fingerprint density at radius 3 is 2.48 bits per heavy atom. The molecule has 0 aliphatic rings. The molecular weight excluding hydrogens is 318 g/mol. The highest BCUT2D eigenvalue weighted by Crippen LogP contribution is 2.29. The third kappa shape index (κ3) is 5.39. The summed E-state index contributed by atoms with van der Waals surface area (Å²) in [5.41, 5.74) is 8.49. The maximum atomic E-state index is 9.37. The largest absolute Gasteiger partial charge is 0.494 e. The van der Waals surface area contributed by atoms with Crippen LogP contribution in [0.2, 0.25) is 0 Å². The summed E-state index contributed by atoms with van der Waals surface area (Å²) in [6.45, 7) is 5.33. The van der Waals surface area contributed by atoms with Crippen molar-refractivity contribution in [1.82, 2.24) is 0 Å². The lowest BCUT2D eigenvalue weighted by atomic mass is 10.1. The zero-order valence-corrected chi connectivity index (χ0v) is 14.7. The Hall–Kier alpha value is -2.73. The van der Waals surface area contributed by atoms with E-state index < -0.39 is 0 Å². The van der Waals surface area contributed by atoms with Gasteiger partial charge in [-0.1, -0.05) is 24.3 Å². The van der Waals surface area contributed by atoms with Crippen molar-refractivity contribution in [2.75, 3.05) is 18.5 Å². The van der Waals surface area contributed by atoms with E-state index in [-0.39, 0.29) is 12.6 Å². The molecule has 0 spiro atoms. The molecule has 0 aromatic heterocycles. The molecule has 0 heterocycles. The van der Waals surface area contributed by atoms with Crippen LogP contribution in [-0.4, -0.2) is 24.3 Å². The summed E-state index contributed by atoms with van der Waals surface area (Å²) in [7, 11) is 0. The van der Waals surface area contributed by atoms with E-state index in [1.54, 1.807) is 0 Å². The van der Waals surface area contributed by atoms with Crippen molar-refractivity contribution in [1.29, 1.82) is 0 Å². The molecule has 0 unspecified atom stereocenters. The molecule has 0 aliphatic carbocycles. The lowest BCUT2D eigenvalue weighted by Gasteiger charge is -2.14. The van der Waals surface area contributed by atoms with Gasteiger partial charge < -0.3 is 25.6 Å². The molecular formula is C19H25N3O3. The van der Waals surface area contributed by atoms with Crippen LogP contribution in [0.5, 0.6) is 11.5 Å². The fourth-order valence-corrected chi connectivity index (χ4v) is 2.36. The normalized spacial score (nSPS) is 11.2. The van der Waals surface area contributed by atoms with E-state index in [1.165, 1.54) is 0 Å². The molecule has 0 bridgehead atoms. The number of hydrogen-bond acceptors (Lipinski definition) is 4. The zero-order chi connectivity index (χ0) is 18.1. The van der Waals surface area contributed by atoms with Crippen LogP contribution >= 0.6 is 0 Å². The van der Waals surface area contributed by atoms with Crippen LogP contribution in [0.25, 0.3) is 0 Å². The Morgan fingerprint density at radius 2 is 1.80 bits per heavy atom. The van der Waals surface area contributed by atoms with Gasteiger partial charge in [-0.25, -0.2) is 4.99 Å². The fourth-order valence-electron chi connectivity index (χ4n) is 2.36. The number of nitrogens with zero attached hydrogens (tertiary/aromatic N) is 1. The molecule has 0 radical (unpaired) electrons. The van der Waals surface area contributed by atoms with Crippen LogP contribution in [0, 0.1) is 0 Å². The van der Waals surface area contributed by atoms with E-state index in [2.05, 4.69) is 10.3 Å². The minimum Gasteiger partial charge on any atom is -0.494 e. The molecule has 4 N–H and O–H groups in total. The second-order valence-corrected chi connectivity index (χ2v) is 5.28. The Morgan fingerprint density at radius 1 is 1.08 bits per heavy atom. The standard InChI is InChI=1S/C19H25N3O3/c1-3-24-16-9-10-18(25-4-2)17(11-16)22-19(20)21-12-14-7-5-6-8-15(14)13-23/h5-11,23H,3-4,12-13H2,1-2H3,(H3,20,21,22). The van der Waals surface area contributed by atoms with Gasteiger partial charge in [0.2, 0.25) is 0 Å². The quantitative estimate of drug-likeness (QED) is 0.506. The predicted octanol–water partition coefficient (Wildman–Crippen LogP) is 2.90. The van der Waals surface area contributed by atoms with E-state index in [9.17, 15) is 5.11 Å². The first kappa shape index (κ1) is 18.6. The van der Waals surface area contributed by atoms with Gasteiger partial charge in [0.05, 0.1) is 32.1 Å². The third-order valence-corrected chi connectivity index (χ3v) is 3.53. The van der Waals surface area contributed by atoms with Gasteiger partial charge in [0.25, 0.3) is 0 Å². The van der Waals surface area contributed by atoms with E-state index in [0.29, 0.717) is 31.2 Å². The minimum absolute atomic E-state index is 0.0239. The Bertz CT molecular complexity index is 717. The van der Waals surface area contributed by atoms with Crippen LogP contribution in [0.3, 0.4) is 0 Å². The van der Waals surface area contributed by atoms with Crippen LogP contribution in [0.4, 0.5) is 5.69 Å². The van der Waals surface area contributed by atoms with Crippen LogP contribution in [-0.2, 0) is 13.2 Å². The molecule has 2 aromatic rings. The molecule has 0 aliphatic heterocycles. The number of aliphatic hydroxyl groups is 1. The van der Waals surface area contributed by atoms with E-state index in [4.69, 9.17) is 15.2 Å². The Kier molecular flexibility index (Phi) is 7.10. The van der Waals surface area contributed by atoms with Crippen molar-refractivity contribution in [3.05, 3.63) is 53.6 Å². The van der Waals surface area contributed by atoms with Gasteiger partial charge in [-0.05, 0) is 37.1 Å². The second kappa shape index (κ2) is 9.54. The van der Waals surface area contributed by atoms with Crippen molar-refractivity contribution in [2.45, 2.75) is 27.0 Å². The van der Waals surface area contributed by atoms with Gasteiger partial charge in [0.1, 0.15) is 11.5 Å². The van der Waals surface area contributed by atoms with Crippen molar-refractivity contribution >= 4 is 11.6 Å². The summed E-state index contributed by atoms with van der Waals surface area (Å²) in [4.78, 5) is 4.35. The van der Waals surface area contributed by atoms with Crippen molar-refractivity contribution in [3.8, 4) is 11.5 Å². The van der Waals surface area contributed by atoms with Crippen molar-refractivity contribution < 1.29 is 14.6 Å². The highest BCUT2D eigenvalue weighted by Gasteiger charge is 2.07. The summed E-state index contributed by atoms with van der Waals surface area (Å²) in [6, 6.07) is 13.1. The van der Waals surface area contributed by atoms with Gasteiger partial charge in [-0.2, -0.15) is 0 Å². The summed E-state index contributed by atoms with van der Waals surface area (Å²) < 4.78 is 11.1. The number of aliphatic hydroxyl groups excluding tert-OH is 1. The number of anilines is 1. The molecule has 0 amide bonds. The smallest absolute Gasteiger partial charge is 0.193 e. The predicted molar refractivity (Wildman–Crippen MR) is 100 cm³/mol. The molecule has 0 saturated carbocycles. The molecule has 6 heteroatoms. The van der Waals surface area contributed by atoms with Gasteiger partial charge >= 0.3 is 0 Å². The maximum Gasteiger partial charge on any atom is 0.193 e. The number of nitrogens with two attached hydrogens (primary N) is 1. The zero-order valence-electron chi connectivity index (χ0n) is 14.7. The van der Waals surface area contributed by atoms with E-state index >= 15 is 0 Å². The van der Waals surface area contributed by atoms with Crippen molar-refractivity contribution in [2.24, 2.45) is 10.7 Å². The van der Waals surface area contributed by atoms with Crippen LogP contribution in [0.15, 0.2) is 47.5 Å². The van der Waals surface area contributed by atoms with Gasteiger partial charge in [0, 0.05) is 6.07 Å². The summed E-state index contributed by atoms with van der Waals surface area (Å²) >= 11 is 0. The van der Waals surface area contributed by atoms with Gasteiger partial charge in [-0.3, -0.25) is 0 Å². The van der Waals surface area contributed by atoms with Crippen LogP contribution < -0.4 is 20.5 Å². The number of hydrogen-bond donors (Lipinski definition) is 3. The van der Waals surface area contributed by atoms with E-state index in [1.807, 2.05) is 56.3 Å². The topological polar surface area (TPSA) is 89.1 Å².